The molecular weight excluding hydrogens is 452 g/mol. The van der Waals surface area contributed by atoms with Crippen molar-refractivity contribution in [1.82, 2.24) is 15.0 Å². The van der Waals surface area contributed by atoms with Crippen LogP contribution in [0.2, 0.25) is 0 Å². The van der Waals surface area contributed by atoms with E-state index in [1.54, 1.807) is 24.8 Å². The number of aryl methyl sites for hydroxylation is 1. The summed E-state index contributed by atoms with van der Waals surface area (Å²) >= 11 is 3.08. The lowest BCUT2D eigenvalue weighted by Crippen LogP contribution is -2.14. The maximum Gasteiger partial charge on any atom is 0.234 e. The lowest BCUT2D eigenvalue weighted by atomic mass is 9.99. The number of fused-ring (bicyclic) bond motifs is 5. The molecule has 0 atom stereocenters. The third-order valence-electron chi connectivity index (χ3n) is 5.85. The third-order valence-corrected chi connectivity index (χ3v) is 8.05. The number of thiophene rings is 1. The Kier molecular flexibility index (Phi) is 6.21. The Balaban J connectivity index is 1.45. The van der Waals surface area contributed by atoms with E-state index in [2.05, 4.69) is 29.1 Å². The van der Waals surface area contributed by atoms with Crippen molar-refractivity contribution in [1.29, 1.82) is 0 Å². The average molecular weight is 479 g/mol. The van der Waals surface area contributed by atoms with Crippen LogP contribution in [0.15, 0.2) is 35.6 Å². The van der Waals surface area contributed by atoms with Gasteiger partial charge >= 0.3 is 0 Å². The molecule has 5 rings (SSSR count). The summed E-state index contributed by atoms with van der Waals surface area (Å²) in [5.74, 6) is 1.36. The van der Waals surface area contributed by atoms with Gasteiger partial charge in [0.1, 0.15) is 21.9 Å². The summed E-state index contributed by atoms with van der Waals surface area (Å²) in [5.41, 5.74) is 5.73. The Morgan fingerprint density at radius 3 is 2.85 bits per heavy atom. The molecule has 0 fully saturated rings. The first kappa shape index (κ1) is 22.1. The minimum atomic E-state index is -0.101. The van der Waals surface area contributed by atoms with Gasteiger partial charge in [-0.1, -0.05) is 37.7 Å². The predicted octanol–water partition coefficient (Wildman–Crippen LogP) is 5.67. The van der Waals surface area contributed by atoms with Crippen molar-refractivity contribution in [2.75, 3.05) is 18.2 Å². The molecule has 0 bridgehead atoms. The predicted molar refractivity (Wildman–Crippen MR) is 136 cm³/mol. The summed E-state index contributed by atoms with van der Waals surface area (Å²) < 4.78 is 6.34. The molecule has 1 aromatic carbocycles. The summed E-state index contributed by atoms with van der Waals surface area (Å²) in [6, 6.07) is 7.40. The lowest BCUT2D eigenvalue weighted by Gasteiger charge is -2.11. The number of carbonyl (C=O) groups excluding carboxylic acids is 1. The number of aromatic nitrogens is 3. The van der Waals surface area contributed by atoms with E-state index in [-0.39, 0.29) is 11.7 Å². The summed E-state index contributed by atoms with van der Waals surface area (Å²) in [6.07, 6.45) is 5.97. The number of methoxy groups -OCH3 is 1. The van der Waals surface area contributed by atoms with E-state index in [9.17, 15) is 4.79 Å². The van der Waals surface area contributed by atoms with Gasteiger partial charge in [-0.3, -0.25) is 4.79 Å². The summed E-state index contributed by atoms with van der Waals surface area (Å²) in [6.45, 7) is 4.49. The van der Waals surface area contributed by atoms with Crippen LogP contribution in [0.3, 0.4) is 0 Å². The Bertz CT molecular complexity index is 1350. The molecule has 1 amide bonds. The fraction of sp³-hybridized carbons (Fsp3) is 0.360. The van der Waals surface area contributed by atoms with Crippen LogP contribution in [-0.2, 0) is 24.1 Å². The number of anilines is 1. The molecule has 6 nitrogen and oxygen atoms in total. The van der Waals surface area contributed by atoms with E-state index >= 15 is 0 Å². The number of thioether (sulfide) groups is 1. The van der Waals surface area contributed by atoms with E-state index in [0.29, 0.717) is 17.4 Å². The van der Waals surface area contributed by atoms with Gasteiger partial charge in [0.2, 0.25) is 5.91 Å². The van der Waals surface area contributed by atoms with Crippen LogP contribution in [-0.4, -0.2) is 33.7 Å². The highest BCUT2D eigenvalue weighted by atomic mass is 32.2. The third kappa shape index (κ3) is 4.29. The monoisotopic (exact) mass is 478 g/mol. The molecule has 3 heterocycles. The number of carbonyl (C=O) groups is 1. The fourth-order valence-electron chi connectivity index (χ4n) is 4.48. The number of nitrogens with one attached hydrogen (secondary N) is 1. The number of hydrogen-bond acceptors (Lipinski definition) is 7. The van der Waals surface area contributed by atoms with Crippen molar-refractivity contribution in [2.45, 2.75) is 44.6 Å². The van der Waals surface area contributed by atoms with Crippen LogP contribution >= 0.6 is 23.1 Å². The first-order valence-electron chi connectivity index (χ1n) is 11.2. The van der Waals surface area contributed by atoms with Crippen LogP contribution in [0.25, 0.3) is 20.4 Å². The molecular formula is C25H26N4O2S2. The van der Waals surface area contributed by atoms with E-state index in [4.69, 9.17) is 9.72 Å². The summed E-state index contributed by atoms with van der Waals surface area (Å²) in [7, 11) is 1.59. The minimum absolute atomic E-state index is 0.101. The van der Waals surface area contributed by atoms with Crippen molar-refractivity contribution < 1.29 is 9.53 Å². The molecule has 1 aliphatic carbocycles. The Morgan fingerprint density at radius 2 is 2.03 bits per heavy atom. The number of pyridine rings is 1. The van der Waals surface area contributed by atoms with Crippen molar-refractivity contribution >= 4 is 55.1 Å². The number of ether oxygens (including phenoxy) is 1. The van der Waals surface area contributed by atoms with Gasteiger partial charge < -0.3 is 10.1 Å². The van der Waals surface area contributed by atoms with Gasteiger partial charge in [0.05, 0.1) is 28.8 Å². The van der Waals surface area contributed by atoms with Crippen LogP contribution < -0.4 is 10.1 Å². The molecule has 0 saturated heterocycles. The van der Waals surface area contributed by atoms with Gasteiger partial charge in [-0.05, 0) is 54.9 Å². The molecule has 170 valence electrons. The smallest absolute Gasteiger partial charge is 0.234 e. The van der Waals surface area contributed by atoms with Crippen molar-refractivity contribution in [3.63, 3.8) is 0 Å². The second-order valence-electron chi connectivity index (χ2n) is 8.64. The number of para-hydroxylation sites is 2. The molecule has 0 spiro atoms. The maximum absolute atomic E-state index is 12.6. The largest absolute Gasteiger partial charge is 0.495 e. The molecule has 8 heteroatoms. The second-order valence-corrected chi connectivity index (χ2v) is 10.6. The topological polar surface area (TPSA) is 77.0 Å². The normalized spacial score (nSPS) is 13.1. The van der Waals surface area contributed by atoms with Gasteiger partial charge in [-0.25, -0.2) is 15.0 Å². The van der Waals surface area contributed by atoms with Crippen molar-refractivity contribution in [3.05, 3.63) is 47.4 Å². The Morgan fingerprint density at radius 1 is 1.21 bits per heavy atom. The zero-order valence-corrected chi connectivity index (χ0v) is 20.6. The molecule has 3 aromatic heterocycles. The van der Waals surface area contributed by atoms with Crippen molar-refractivity contribution in [2.24, 2.45) is 5.92 Å². The van der Waals surface area contributed by atoms with Crippen LogP contribution in [0, 0.1) is 5.92 Å². The standard InChI is InChI=1S/C25H26N4O2S2/c1-14(2)11-18-15-7-6-8-16(15)21-22-23(33-24(21)29-18)25(27-13-26-22)32-12-20(30)28-17-9-4-5-10-19(17)31-3/h4-5,9-10,13-14H,6-8,11-12H2,1-3H3,(H,28,30). The van der Waals surface area contributed by atoms with Crippen LogP contribution in [0.4, 0.5) is 5.69 Å². The highest BCUT2D eigenvalue weighted by molar-refractivity contribution is 8.00. The van der Waals surface area contributed by atoms with Crippen molar-refractivity contribution in [3.8, 4) is 5.75 Å². The molecule has 0 aliphatic heterocycles. The quantitative estimate of drug-likeness (QED) is 0.273. The molecule has 1 N–H and O–H groups in total. The molecule has 0 unspecified atom stereocenters. The van der Waals surface area contributed by atoms with Crippen LogP contribution in [0.1, 0.15) is 37.1 Å². The van der Waals surface area contributed by atoms with Gasteiger partial charge in [0.25, 0.3) is 0 Å². The van der Waals surface area contributed by atoms with E-state index < -0.39 is 0 Å². The Labute approximate surface area is 201 Å². The SMILES string of the molecule is COc1ccccc1NC(=O)CSc1ncnc2c1sc1nc(CC(C)C)c3c(c12)CCC3. The molecule has 33 heavy (non-hydrogen) atoms. The minimum Gasteiger partial charge on any atom is -0.495 e. The zero-order valence-electron chi connectivity index (χ0n) is 19.0. The molecule has 0 saturated carbocycles. The van der Waals surface area contributed by atoms with Gasteiger partial charge in [-0.2, -0.15) is 0 Å². The summed E-state index contributed by atoms with van der Waals surface area (Å²) in [4.78, 5) is 27.9. The first-order valence-corrected chi connectivity index (χ1v) is 13.0. The Hall–Kier alpha value is -2.71. The van der Waals surface area contributed by atoms with E-state index in [1.165, 1.54) is 40.4 Å². The second kappa shape index (κ2) is 9.27. The first-order chi connectivity index (χ1) is 16.0. The molecule has 4 aromatic rings. The number of benzene rings is 1. The highest BCUT2D eigenvalue weighted by Gasteiger charge is 2.24. The highest BCUT2D eigenvalue weighted by Crippen LogP contribution is 2.42. The summed E-state index contributed by atoms with van der Waals surface area (Å²) in [5, 5.41) is 4.95. The van der Waals surface area contributed by atoms with Crippen LogP contribution in [0.5, 0.6) is 5.75 Å². The van der Waals surface area contributed by atoms with Gasteiger partial charge in [0.15, 0.2) is 0 Å². The number of rotatable bonds is 7. The number of amides is 1. The number of nitrogens with zero attached hydrogens (tertiary/aromatic N) is 3. The van der Waals surface area contributed by atoms with Gasteiger partial charge in [-0.15, -0.1) is 11.3 Å². The van der Waals surface area contributed by atoms with Gasteiger partial charge in [0, 0.05) is 11.1 Å². The average Bonchev–Trinajstić information content (AvgIpc) is 3.42. The fourth-order valence-corrected chi connectivity index (χ4v) is 6.54. The lowest BCUT2D eigenvalue weighted by molar-refractivity contribution is -0.113. The molecule has 0 radical (unpaired) electrons. The maximum atomic E-state index is 12.6. The van der Waals surface area contributed by atoms with E-state index in [1.807, 2.05) is 24.3 Å². The van der Waals surface area contributed by atoms with E-state index in [0.717, 1.165) is 39.3 Å². The zero-order chi connectivity index (χ0) is 22.9. The molecule has 1 aliphatic rings. The number of hydrogen-bond donors (Lipinski definition) is 1.